The number of pyridine rings is 1. The lowest BCUT2D eigenvalue weighted by Crippen LogP contribution is -2.22. The number of hydrogen-bond acceptors (Lipinski definition) is 3. The van der Waals surface area contributed by atoms with Gasteiger partial charge in [0.25, 0.3) is 5.91 Å². The van der Waals surface area contributed by atoms with Gasteiger partial charge in [-0.25, -0.2) is 0 Å². The predicted octanol–water partition coefficient (Wildman–Crippen LogP) is 1.77. The zero-order valence-corrected chi connectivity index (χ0v) is 9.95. The van der Waals surface area contributed by atoms with E-state index in [0.29, 0.717) is 12.2 Å². The van der Waals surface area contributed by atoms with Gasteiger partial charge in [0.15, 0.2) is 0 Å². The zero-order chi connectivity index (χ0) is 12.1. The molecule has 86 valence electrons. The Morgan fingerprint density at radius 3 is 2.81 bits per heavy atom. The summed E-state index contributed by atoms with van der Waals surface area (Å²) >= 11 is 0. The number of aromatic nitrogens is 1. The van der Waals surface area contributed by atoms with Gasteiger partial charge in [0, 0.05) is 32.5 Å². The number of carbonyl (C=O) groups is 1. The Morgan fingerprint density at radius 2 is 2.25 bits per heavy atom. The van der Waals surface area contributed by atoms with Gasteiger partial charge in [0.05, 0.1) is 0 Å². The summed E-state index contributed by atoms with van der Waals surface area (Å²) in [7, 11) is 3.41. The normalized spacial score (nSPS) is 9.69. The lowest BCUT2D eigenvalue weighted by Gasteiger charge is -2.11. The van der Waals surface area contributed by atoms with E-state index in [9.17, 15) is 4.79 Å². The molecule has 0 spiro atoms. The Bertz CT molecular complexity index is 399. The molecule has 1 aromatic heterocycles. The van der Waals surface area contributed by atoms with E-state index in [0.717, 1.165) is 11.3 Å². The molecule has 0 fully saturated rings. The third-order valence-electron chi connectivity index (χ3n) is 1.98. The topological polar surface area (TPSA) is 45.2 Å². The van der Waals surface area contributed by atoms with Crippen molar-refractivity contribution in [2.75, 3.05) is 26.0 Å². The van der Waals surface area contributed by atoms with Crippen molar-refractivity contribution in [1.29, 1.82) is 0 Å². The summed E-state index contributed by atoms with van der Waals surface area (Å²) < 4.78 is 0. The van der Waals surface area contributed by atoms with Gasteiger partial charge in [-0.05, 0) is 19.1 Å². The van der Waals surface area contributed by atoms with Gasteiger partial charge in [-0.1, -0.05) is 12.2 Å². The van der Waals surface area contributed by atoms with Gasteiger partial charge in [-0.3, -0.25) is 9.78 Å². The van der Waals surface area contributed by atoms with Crippen molar-refractivity contribution < 1.29 is 4.79 Å². The second kappa shape index (κ2) is 5.30. The van der Waals surface area contributed by atoms with Gasteiger partial charge in [0.1, 0.15) is 5.69 Å². The molecular weight excluding hydrogens is 202 g/mol. The quantitative estimate of drug-likeness (QED) is 0.785. The van der Waals surface area contributed by atoms with Crippen molar-refractivity contribution in [2.45, 2.75) is 6.92 Å². The van der Waals surface area contributed by atoms with E-state index in [1.54, 1.807) is 26.4 Å². The molecule has 1 rings (SSSR count). The van der Waals surface area contributed by atoms with Crippen molar-refractivity contribution in [3.05, 3.63) is 36.2 Å². The van der Waals surface area contributed by atoms with Crippen LogP contribution >= 0.6 is 0 Å². The molecule has 0 radical (unpaired) electrons. The third kappa shape index (κ3) is 3.38. The average Bonchev–Trinajstić information content (AvgIpc) is 2.25. The first-order valence-electron chi connectivity index (χ1n) is 5.06. The van der Waals surface area contributed by atoms with Gasteiger partial charge < -0.3 is 10.2 Å². The molecule has 1 N–H and O–H groups in total. The maximum atomic E-state index is 11.7. The number of nitrogens with zero attached hydrogens (tertiary/aromatic N) is 2. The van der Waals surface area contributed by atoms with Crippen LogP contribution in [-0.4, -0.2) is 36.4 Å². The summed E-state index contributed by atoms with van der Waals surface area (Å²) in [6.07, 6.45) is 1.62. The summed E-state index contributed by atoms with van der Waals surface area (Å²) in [5.74, 6) is -0.0982. The maximum absolute atomic E-state index is 11.7. The van der Waals surface area contributed by atoms with E-state index >= 15 is 0 Å². The van der Waals surface area contributed by atoms with Crippen molar-refractivity contribution in [1.82, 2.24) is 9.88 Å². The first kappa shape index (κ1) is 12.2. The summed E-state index contributed by atoms with van der Waals surface area (Å²) in [4.78, 5) is 17.2. The van der Waals surface area contributed by atoms with Crippen molar-refractivity contribution in [2.24, 2.45) is 0 Å². The molecule has 0 aliphatic rings. The molecule has 1 heterocycles. The molecule has 16 heavy (non-hydrogen) atoms. The van der Waals surface area contributed by atoms with Crippen LogP contribution in [0.2, 0.25) is 0 Å². The van der Waals surface area contributed by atoms with Crippen LogP contribution in [-0.2, 0) is 0 Å². The second-order valence-electron chi connectivity index (χ2n) is 3.94. The van der Waals surface area contributed by atoms with E-state index in [2.05, 4.69) is 16.9 Å². The molecule has 0 aromatic carbocycles. The Hall–Kier alpha value is -1.84. The predicted molar refractivity (Wildman–Crippen MR) is 65.6 cm³/mol. The largest absolute Gasteiger partial charge is 0.381 e. The van der Waals surface area contributed by atoms with Gasteiger partial charge >= 0.3 is 0 Å². The van der Waals surface area contributed by atoms with Gasteiger partial charge in [-0.15, -0.1) is 0 Å². The van der Waals surface area contributed by atoms with E-state index < -0.39 is 0 Å². The molecular formula is C12H17N3O. The Balaban J connectivity index is 2.78. The number of carbonyl (C=O) groups excluding carboxylic acids is 1. The highest BCUT2D eigenvalue weighted by Gasteiger charge is 2.09. The molecule has 1 aromatic rings. The fourth-order valence-corrected chi connectivity index (χ4v) is 1.14. The van der Waals surface area contributed by atoms with E-state index in [4.69, 9.17) is 0 Å². The SMILES string of the molecule is C=C(C)CNc1ccnc(C(=O)N(C)C)c1. The molecule has 0 saturated carbocycles. The summed E-state index contributed by atoms with van der Waals surface area (Å²) in [5.41, 5.74) is 2.36. The lowest BCUT2D eigenvalue weighted by atomic mass is 10.2. The van der Waals surface area contributed by atoms with Crippen molar-refractivity contribution in [3.8, 4) is 0 Å². The fourth-order valence-electron chi connectivity index (χ4n) is 1.14. The summed E-state index contributed by atoms with van der Waals surface area (Å²) in [5, 5.41) is 3.17. The van der Waals surface area contributed by atoms with E-state index in [-0.39, 0.29) is 5.91 Å². The number of nitrogens with one attached hydrogen (secondary N) is 1. The van der Waals surface area contributed by atoms with Crippen molar-refractivity contribution in [3.63, 3.8) is 0 Å². The minimum atomic E-state index is -0.0982. The molecule has 4 heteroatoms. The van der Waals surface area contributed by atoms with Gasteiger partial charge in [0.2, 0.25) is 0 Å². The Morgan fingerprint density at radius 1 is 1.56 bits per heavy atom. The minimum absolute atomic E-state index is 0.0982. The maximum Gasteiger partial charge on any atom is 0.272 e. The number of amides is 1. The molecule has 4 nitrogen and oxygen atoms in total. The Labute approximate surface area is 96.0 Å². The monoisotopic (exact) mass is 219 g/mol. The standard InChI is InChI=1S/C12H17N3O/c1-9(2)8-14-10-5-6-13-11(7-10)12(16)15(3)4/h5-7H,1,8H2,2-4H3,(H,13,14). The fraction of sp³-hybridized carbons (Fsp3) is 0.333. The van der Waals surface area contributed by atoms with Crippen LogP contribution in [0.3, 0.4) is 0 Å². The number of hydrogen-bond donors (Lipinski definition) is 1. The summed E-state index contributed by atoms with van der Waals surface area (Å²) in [6.45, 7) is 6.44. The van der Waals surface area contributed by atoms with E-state index in [1.807, 2.05) is 13.0 Å². The zero-order valence-electron chi connectivity index (χ0n) is 9.95. The molecule has 0 unspecified atom stereocenters. The van der Waals surface area contributed by atoms with Crippen LogP contribution in [0.5, 0.6) is 0 Å². The van der Waals surface area contributed by atoms with Crippen LogP contribution in [0, 0.1) is 0 Å². The van der Waals surface area contributed by atoms with Crippen LogP contribution in [0.1, 0.15) is 17.4 Å². The van der Waals surface area contributed by atoms with Crippen LogP contribution < -0.4 is 5.32 Å². The molecule has 0 saturated heterocycles. The third-order valence-corrected chi connectivity index (χ3v) is 1.98. The highest BCUT2D eigenvalue weighted by molar-refractivity contribution is 5.92. The molecule has 1 amide bonds. The van der Waals surface area contributed by atoms with Crippen molar-refractivity contribution >= 4 is 11.6 Å². The molecule has 0 aliphatic carbocycles. The van der Waals surface area contributed by atoms with Crippen LogP contribution in [0.15, 0.2) is 30.5 Å². The first-order chi connectivity index (χ1) is 7.50. The minimum Gasteiger partial charge on any atom is -0.381 e. The van der Waals surface area contributed by atoms with Gasteiger partial charge in [-0.2, -0.15) is 0 Å². The Kier molecular flexibility index (Phi) is 4.05. The average molecular weight is 219 g/mol. The molecule has 0 aliphatic heterocycles. The second-order valence-corrected chi connectivity index (χ2v) is 3.94. The highest BCUT2D eigenvalue weighted by atomic mass is 16.2. The number of rotatable bonds is 4. The first-order valence-corrected chi connectivity index (χ1v) is 5.06. The molecule has 0 bridgehead atoms. The van der Waals surface area contributed by atoms with Crippen LogP contribution in [0.25, 0.3) is 0 Å². The molecule has 0 atom stereocenters. The van der Waals surface area contributed by atoms with Crippen LogP contribution in [0.4, 0.5) is 5.69 Å². The summed E-state index contributed by atoms with van der Waals surface area (Å²) in [6, 6.07) is 3.57. The number of anilines is 1. The smallest absolute Gasteiger partial charge is 0.272 e. The van der Waals surface area contributed by atoms with E-state index in [1.165, 1.54) is 4.90 Å². The lowest BCUT2D eigenvalue weighted by molar-refractivity contribution is 0.0822. The highest BCUT2D eigenvalue weighted by Crippen LogP contribution is 2.09.